The number of aromatic amines is 1. The number of phenolic OH excluding ortho intramolecular Hbond substituents is 1. The van der Waals surface area contributed by atoms with E-state index in [4.69, 9.17) is 23.7 Å². The quantitative estimate of drug-likeness (QED) is 0.619. The highest BCUT2D eigenvalue weighted by Crippen LogP contribution is 2.51. The molecule has 0 radical (unpaired) electrons. The van der Waals surface area contributed by atoms with E-state index in [1.54, 1.807) is 18.2 Å². The third kappa shape index (κ3) is 3.48. The molecule has 31 heavy (non-hydrogen) atoms. The van der Waals surface area contributed by atoms with E-state index in [2.05, 4.69) is 9.97 Å². The van der Waals surface area contributed by atoms with Crippen molar-refractivity contribution >= 4 is 0 Å². The monoisotopic (exact) mass is 426 g/mol. The number of ether oxygens (including phenoxy) is 5. The minimum Gasteiger partial charge on any atom is -0.504 e. The summed E-state index contributed by atoms with van der Waals surface area (Å²) < 4.78 is 27.7. The van der Waals surface area contributed by atoms with Crippen LogP contribution in [-0.2, 0) is 0 Å². The second kappa shape index (κ2) is 8.10. The van der Waals surface area contributed by atoms with Gasteiger partial charge in [0.05, 0.1) is 34.4 Å². The van der Waals surface area contributed by atoms with Gasteiger partial charge in [-0.3, -0.25) is 4.98 Å². The van der Waals surface area contributed by atoms with Crippen LogP contribution in [0.3, 0.4) is 0 Å². The average molecular weight is 426 g/mol. The van der Waals surface area contributed by atoms with Crippen LogP contribution in [0.1, 0.15) is 28.7 Å². The highest BCUT2D eigenvalue weighted by atomic mass is 16.5. The van der Waals surface area contributed by atoms with Gasteiger partial charge in [-0.05, 0) is 35.4 Å². The van der Waals surface area contributed by atoms with E-state index in [9.17, 15) is 9.90 Å². The summed E-state index contributed by atoms with van der Waals surface area (Å²) in [5.74, 6) is 1.71. The first-order chi connectivity index (χ1) is 15.0. The fourth-order valence-corrected chi connectivity index (χ4v) is 3.85. The number of hydrogen-bond acceptors (Lipinski definition) is 8. The maximum atomic E-state index is 11.8. The zero-order valence-electron chi connectivity index (χ0n) is 17.5. The van der Waals surface area contributed by atoms with E-state index in [0.29, 0.717) is 40.0 Å². The van der Waals surface area contributed by atoms with Crippen molar-refractivity contribution in [3.05, 3.63) is 63.7 Å². The summed E-state index contributed by atoms with van der Waals surface area (Å²) >= 11 is 0. The SMILES string of the molecule is COc1ccc(C2Oc3[nH]c(=O)ncc3C2c2cc(OC)c(OC)c(OC)c2)cc1O. The maximum Gasteiger partial charge on any atom is 0.347 e. The summed E-state index contributed by atoms with van der Waals surface area (Å²) in [4.78, 5) is 18.3. The molecule has 1 aromatic heterocycles. The van der Waals surface area contributed by atoms with Gasteiger partial charge in [-0.1, -0.05) is 6.07 Å². The van der Waals surface area contributed by atoms with Crippen molar-refractivity contribution in [1.82, 2.24) is 9.97 Å². The average Bonchev–Trinajstić information content (AvgIpc) is 3.16. The first-order valence-corrected chi connectivity index (χ1v) is 9.43. The molecule has 0 amide bonds. The molecule has 1 aliphatic rings. The van der Waals surface area contributed by atoms with Gasteiger partial charge in [0.1, 0.15) is 6.10 Å². The maximum absolute atomic E-state index is 11.8. The van der Waals surface area contributed by atoms with Crippen molar-refractivity contribution in [1.29, 1.82) is 0 Å². The van der Waals surface area contributed by atoms with Crippen LogP contribution in [0.2, 0.25) is 0 Å². The first kappa shape index (κ1) is 20.4. The summed E-state index contributed by atoms with van der Waals surface area (Å²) in [7, 11) is 6.09. The van der Waals surface area contributed by atoms with Crippen LogP contribution in [0.4, 0.5) is 0 Å². The van der Waals surface area contributed by atoms with E-state index in [1.807, 2.05) is 12.1 Å². The van der Waals surface area contributed by atoms with E-state index in [-0.39, 0.29) is 11.7 Å². The van der Waals surface area contributed by atoms with Crippen LogP contribution < -0.4 is 29.4 Å². The van der Waals surface area contributed by atoms with Crippen LogP contribution >= 0.6 is 0 Å². The lowest BCUT2D eigenvalue weighted by Gasteiger charge is -2.22. The molecule has 0 fully saturated rings. The van der Waals surface area contributed by atoms with Crippen LogP contribution in [-0.4, -0.2) is 43.5 Å². The predicted octanol–water partition coefficient (Wildman–Crippen LogP) is 2.78. The van der Waals surface area contributed by atoms with Crippen molar-refractivity contribution in [3.63, 3.8) is 0 Å². The molecule has 0 saturated heterocycles. The molecule has 2 aromatic carbocycles. The molecule has 2 unspecified atom stereocenters. The molecule has 3 aromatic rings. The molecular weight excluding hydrogens is 404 g/mol. The molecule has 0 bridgehead atoms. The highest BCUT2D eigenvalue weighted by molar-refractivity contribution is 5.57. The second-order valence-electron chi connectivity index (χ2n) is 6.88. The standard InChI is InChI=1S/C22H22N2O7/c1-27-15-6-5-11(7-14(15)25)19-18(13-10-23-22(26)24-21(13)31-19)12-8-16(28-2)20(30-4)17(9-12)29-3/h5-10,18-19,25H,1-4H3,(H,23,24,26). The van der Waals surface area contributed by atoms with Crippen LogP contribution in [0.25, 0.3) is 0 Å². The van der Waals surface area contributed by atoms with Crippen LogP contribution in [0.5, 0.6) is 34.6 Å². The topological polar surface area (TPSA) is 112 Å². The zero-order valence-corrected chi connectivity index (χ0v) is 17.5. The minimum absolute atomic E-state index is 0.0187. The number of fused-ring (bicyclic) bond motifs is 1. The lowest BCUT2D eigenvalue weighted by atomic mass is 9.86. The molecular formula is C22H22N2O7. The lowest BCUT2D eigenvalue weighted by molar-refractivity contribution is 0.213. The van der Waals surface area contributed by atoms with Crippen molar-refractivity contribution in [2.24, 2.45) is 0 Å². The zero-order chi connectivity index (χ0) is 22.1. The van der Waals surface area contributed by atoms with E-state index in [1.165, 1.54) is 34.6 Å². The van der Waals surface area contributed by atoms with Crippen molar-refractivity contribution in [2.75, 3.05) is 28.4 Å². The van der Waals surface area contributed by atoms with Crippen molar-refractivity contribution in [2.45, 2.75) is 12.0 Å². The Morgan fingerprint density at radius 3 is 2.19 bits per heavy atom. The van der Waals surface area contributed by atoms with Gasteiger partial charge in [-0.2, -0.15) is 0 Å². The number of methoxy groups -OCH3 is 4. The number of H-pyrrole nitrogens is 1. The first-order valence-electron chi connectivity index (χ1n) is 9.43. The molecule has 2 atom stereocenters. The van der Waals surface area contributed by atoms with Gasteiger partial charge in [0.25, 0.3) is 0 Å². The Bertz CT molecular complexity index is 1150. The molecule has 9 nitrogen and oxygen atoms in total. The van der Waals surface area contributed by atoms with E-state index < -0.39 is 11.8 Å². The number of benzene rings is 2. The van der Waals surface area contributed by atoms with E-state index >= 15 is 0 Å². The Labute approximate surface area is 178 Å². The number of nitrogens with zero attached hydrogens (tertiary/aromatic N) is 1. The Hall–Kier alpha value is -3.88. The molecule has 9 heteroatoms. The highest BCUT2D eigenvalue weighted by Gasteiger charge is 2.39. The van der Waals surface area contributed by atoms with Gasteiger partial charge in [0.2, 0.25) is 11.6 Å². The van der Waals surface area contributed by atoms with Crippen LogP contribution in [0.15, 0.2) is 41.3 Å². The smallest absolute Gasteiger partial charge is 0.347 e. The normalized spacial score (nSPS) is 16.9. The molecule has 0 aliphatic carbocycles. The van der Waals surface area contributed by atoms with Crippen molar-refractivity contribution < 1.29 is 28.8 Å². The minimum atomic E-state index is -0.561. The molecule has 162 valence electrons. The summed E-state index contributed by atoms with van der Waals surface area (Å²) in [5.41, 5.74) is 1.66. The third-order valence-corrected chi connectivity index (χ3v) is 5.26. The number of rotatable bonds is 6. The van der Waals surface area contributed by atoms with Gasteiger partial charge >= 0.3 is 5.69 Å². The third-order valence-electron chi connectivity index (χ3n) is 5.26. The Morgan fingerprint density at radius 1 is 0.935 bits per heavy atom. The fraction of sp³-hybridized carbons (Fsp3) is 0.273. The van der Waals surface area contributed by atoms with Gasteiger partial charge in [0, 0.05) is 11.8 Å². The molecule has 2 N–H and O–H groups in total. The summed E-state index contributed by atoms with van der Waals surface area (Å²) in [5, 5.41) is 10.3. The molecule has 0 saturated carbocycles. The van der Waals surface area contributed by atoms with Gasteiger partial charge in [-0.25, -0.2) is 9.78 Å². The Kier molecular flexibility index (Phi) is 5.33. The number of aromatic nitrogens is 2. The Morgan fingerprint density at radius 2 is 1.61 bits per heavy atom. The molecule has 0 spiro atoms. The number of phenols is 1. The lowest BCUT2D eigenvalue weighted by Crippen LogP contribution is -2.12. The van der Waals surface area contributed by atoms with Crippen molar-refractivity contribution in [3.8, 4) is 34.6 Å². The largest absolute Gasteiger partial charge is 0.504 e. The number of aromatic hydroxyl groups is 1. The number of nitrogens with one attached hydrogen (secondary N) is 1. The molecule has 2 heterocycles. The predicted molar refractivity (Wildman–Crippen MR) is 111 cm³/mol. The summed E-state index contributed by atoms with van der Waals surface area (Å²) in [6, 6.07) is 8.68. The molecule has 4 rings (SSSR count). The fourth-order valence-electron chi connectivity index (χ4n) is 3.85. The second-order valence-corrected chi connectivity index (χ2v) is 6.88. The van der Waals surface area contributed by atoms with Gasteiger partial charge in [0.15, 0.2) is 23.0 Å². The molecule has 1 aliphatic heterocycles. The van der Waals surface area contributed by atoms with E-state index in [0.717, 1.165) is 5.56 Å². The Balaban J connectivity index is 1.90. The summed E-state index contributed by atoms with van der Waals surface area (Å²) in [6.45, 7) is 0. The van der Waals surface area contributed by atoms with Crippen LogP contribution in [0, 0.1) is 0 Å². The number of hydrogen-bond donors (Lipinski definition) is 2. The van der Waals surface area contributed by atoms with Gasteiger partial charge < -0.3 is 28.8 Å². The van der Waals surface area contributed by atoms with Gasteiger partial charge in [-0.15, -0.1) is 0 Å². The summed E-state index contributed by atoms with van der Waals surface area (Å²) in [6.07, 6.45) is 0.931.